The van der Waals surface area contributed by atoms with Crippen molar-refractivity contribution >= 4 is 40.5 Å². The van der Waals surface area contributed by atoms with Crippen LogP contribution in [0.1, 0.15) is 6.92 Å². The van der Waals surface area contributed by atoms with Gasteiger partial charge in [0.25, 0.3) is 5.91 Å². The van der Waals surface area contributed by atoms with E-state index in [1.807, 2.05) is 0 Å². The minimum atomic E-state index is -4.96. The number of carboxylic acid groups (broad SMARTS) is 1. The van der Waals surface area contributed by atoms with Crippen LogP contribution in [0.15, 0.2) is 11.3 Å². The van der Waals surface area contributed by atoms with Crippen LogP contribution in [0.2, 0.25) is 0 Å². The molecule has 11 heteroatoms. The number of aliphatic carboxylic acids is 1. The van der Waals surface area contributed by atoms with Crippen molar-refractivity contribution in [3.8, 4) is 0 Å². The number of rotatable bonds is 3. The van der Waals surface area contributed by atoms with Crippen molar-refractivity contribution in [2.24, 2.45) is 5.73 Å². The molecule has 0 bridgehead atoms. The minimum absolute atomic E-state index is 0.00402. The number of amides is 1. The minimum Gasteiger partial charge on any atom is -0.477 e. The molecule has 2 aliphatic heterocycles. The Morgan fingerprint density at radius 1 is 1.55 bits per heavy atom. The van der Waals surface area contributed by atoms with Crippen LogP contribution in [0.3, 0.4) is 0 Å². The molecule has 22 heavy (non-hydrogen) atoms. The Kier molecular flexibility index (Phi) is 4.26. The summed E-state index contributed by atoms with van der Waals surface area (Å²) in [6.07, 6.45) is -4.96. The van der Waals surface area contributed by atoms with E-state index in [9.17, 15) is 32.7 Å². The van der Waals surface area contributed by atoms with Gasteiger partial charge in [0.1, 0.15) is 11.1 Å². The van der Waals surface area contributed by atoms with E-state index < -0.39 is 34.7 Å². The van der Waals surface area contributed by atoms with Crippen LogP contribution in [0.5, 0.6) is 0 Å². The molecule has 2 rings (SSSR count). The number of hydrogen-bond donors (Lipinski definition) is 2. The van der Waals surface area contributed by atoms with E-state index in [1.165, 1.54) is 6.92 Å². The highest BCUT2D eigenvalue weighted by Gasteiger charge is 2.74. The van der Waals surface area contributed by atoms with E-state index in [0.717, 1.165) is 23.5 Å². The number of β-lactam (4-membered cyclic amide) rings is 1. The fraction of sp³-hybridized carbons (Fsp3) is 0.545. The highest BCUT2D eigenvalue weighted by molar-refractivity contribution is 8.13. The smallest absolute Gasteiger partial charge is 0.418 e. The lowest BCUT2D eigenvalue weighted by molar-refractivity contribution is -0.223. The lowest BCUT2D eigenvalue weighted by atomic mass is 9.86. The first kappa shape index (κ1) is 17.2. The van der Waals surface area contributed by atoms with E-state index in [4.69, 9.17) is 5.73 Å². The average Bonchev–Trinajstić information content (AvgIpc) is 2.41. The molecule has 0 aromatic carbocycles. The molecule has 122 valence electrons. The number of alkyl halides is 3. The molecule has 1 fully saturated rings. The molecule has 2 heterocycles. The number of thioether (sulfide) groups is 2. The predicted molar refractivity (Wildman–Crippen MR) is 73.9 cm³/mol. The third kappa shape index (κ3) is 2.40. The van der Waals surface area contributed by atoms with E-state index in [1.54, 1.807) is 0 Å². The summed E-state index contributed by atoms with van der Waals surface area (Å²) in [5.41, 5.74) is 1.85. The van der Waals surface area contributed by atoms with Crippen molar-refractivity contribution in [1.29, 1.82) is 0 Å². The number of carboxylic acids is 1. The van der Waals surface area contributed by atoms with Crippen molar-refractivity contribution < 1.29 is 32.7 Å². The quantitative estimate of drug-likeness (QED) is 0.721. The first-order valence-corrected chi connectivity index (χ1v) is 7.94. The van der Waals surface area contributed by atoms with Gasteiger partial charge >= 0.3 is 12.1 Å². The third-order valence-corrected chi connectivity index (χ3v) is 5.62. The number of hydrogen-bond acceptors (Lipinski definition) is 6. The first-order valence-electron chi connectivity index (χ1n) is 5.91. The highest BCUT2D eigenvalue weighted by Crippen LogP contribution is 2.51. The maximum absolute atomic E-state index is 13.0. The molecule has 0 radical (unpaired) electrons. The van der Waals surface area contributed by atoms with Crippen LogP contribution in [0.4, 0.5) is 13.2 Å². The second-order valence-corrected chi connectivity index (χ2v) is 6.96. The highest BCUT2D eigenvalue weighted by atomic mass is 32.2. The molecule has 0 aromatic heterocycles. The van der Waals surface area contributed by atoms with Crippen molar-refractivity contribution in [3.05, 3.63) is 11.3 Å². The topological polar surface area (TPSA) is 101 Å². The third-order valence-electron chi connectivity index (χ3n) is 3.31. The van der Waals surface area contributed by atoms with Gasteiger partial charge in [-0.15, -0.1) is 11.8 Å². The molecule has 6 nitrogen and oxygen atoms in total. The lowest BCUT2D eigenvalue weighted by Gasteiger charge is -2.55. The number of nitrogens with zero attached hydrogens (tertiary/aromatic N) is 1. The van der Waals surface area contributed by atoms with Gasteiger partial charge in [0.2, 0.25) is 5.54 Å². The fourth-order valence-corrected chi connectivity index (χ4v) is 4.40. The Hall–Kier alpha value is -1.20. The summed E-state index contributed by atoms with van der Waals surface area (Å²) in [5, 5.41) is 7.45. The van der Waals surface area contributed by atoms with Crippen molar-refractivity contribution in [3.63, 3.8) is 0 Å². The molecule has 0 aromatic rings. The summed E-state index contributed by atoms with van der Waals surface area (Å²) in [7, 11) is 0. The van der Waals surface area contributed by atoms with Crippen LogP contribution < -0.4 is 5.73 Å². The molecule has 0 aliphatic carbocycles. The maximum atomic E-state index is 13.0. The SMILES string of the molecule is CC(=O)SCC1=C(C(=O)O)N2C(=O)[C@@](N)(C(F)(F)F)[C@H]2SC1. The van der Waals surface area contributed by atoms with E-state index in [0.29, 0.717) is 4.90 Å². The Morgan fingerprint density at radius 2 is 2.14 bits per heavy atom. The zero-order valence-corrected chi connectivity index (χ0v) is 12.8. The van der Waals surface area contributed by atoms with Gasteiger partial charge in [0, 0.05) is 18.4 Å². The molecule has 0 spiro atoms. The van der Waals surface area contributed by atoms with Crippen LogP contribution in [0.25, 0.3) is 0 Å². The van der Waals surface area contributed by atoms with Crippen LogP contribution in [-0.2, 0) is 14.4 Å². The lowest BCUT2D eigenvalue weighted by Crippen LogP contribution is -2.83. The van der Waals surface area contributed by atoms with E-state index >= 15 is 0 Å². The Bertz CT molecular complexity index is 592. The summed E-state index contributed by atoms with van der Waals surface area (Å²) in [6, 6.07) is 0. The summed E-state index contributed by atoms with van der Waals surface area (Å²) >= 11 is 1.57. The molecule has 1 saturated heterocycles. The molecule has 0 unspecified atom stereocenters. The van der Waals surface area contributed by atoms with E-state index in [-0.39, 0.29) is 22.2 Å². The van der Waals surface area contributed by atoms with Gasteiger partial charge in [-0.25, -0.2) is 4.79 Å². The van der Waals surface area contributed by atoms with Gasteiger partial charge in [-0.05, 0) is 5.57 Å². The van der Waals surface area contributed by atoms with Gasteiger partial charge in [0.05, 0.1) is 0 Å². The zero-order chi connectivity index (χ0) is 16.9. The van der Waals surface area contributed by atoms with Gasteiger partial charge < -0.3 is 10.8 Å². The van der Waals surface area contributed by atoms with Crippen LogP contribution in [-0.4, -0.2) is 55.6 Å². The number of halogens is 3. The molecule has 3 N–H and O–H groups in total. The number of nitrogens with two attached hydrogens (primary N) is 1. The normalized spacial score (nSPS) is 28.3. The second-order valence-electron chi connectivity index (χ2n) is 4.74. The molecule has 2 atom stereocenters. The van der Waals surface area contributed by atoms with Gasteiger partial charge in [-0.1, -0.05) is 11.8 Å². The fourth-order valence-electron chi connectivity index (χ4n) is 2.21. The monoisotopic (exact) mass is 356 g/mol. The van der Waals surface area contributed by atoms with Gasteiger partial charge in [-0.3, -0.25) is 14.5 Å². The summed E-state index contributed by atoms with van der Waals surface area (Å²) < 4.78 is 39.0. The largest absolute Gasteiger partial charge is 0.477 e. The summed E-state index contributed by atoms with van der Waals surface area (Å²) in [5.74, 6) is -3.03. The number of carbonyl (C=O) groups is 3. The standard InChI is InChI=1S/C11H11F3N2O4S2/c1-4(17)21-2-5-3-22-9-10(15,11(12,13)14)8(20)16(9)6(5)7(18)19/h9H,2-3,15H2,1H3,(H,18,19)/t9-,10+/m1/s1. The summed E-state index contributed by atoms with van der Waals surface area (Å²) in [6.45, 7) is 1.29. The Labute approximate surface area is 131 Å². The molecular formula is C11H11F3N2O4S2. The van der Waals surface area contributed by atoms with Gasteiger partial charge in [0.15, 0.2) is 5.12 Å². The van der Waals surface area contributed by atoms with E-state index in [2.05, 4.69) is 0 Å². The maximum Gasteiger partial charge on any atom is 0.418 e. The Balaban J connectivity index is 2.37. The molecule has 0 saturated carbocycles. The molecule has 2 aliphatic rings. The molecular weight excluding hydrogens is 345 g/mol. The van der Waals surface area contributed by atoms with Crippen molar-refractivity contribution in [2.45, 2.75) is 24.0 Å². The predicted octanol–water partition coefficient (Wildman–Crippen LogP) is 0.780. The summed E-state index contributed by atoms with van der Waals surface area (Å²) in [4.78, 5) is 34.7. The van der Waals surface area contributed by atoms with Crippen molar-refractivity contribution in [2.75, 3.05) is 11.5 Å². The number of carbonyl (C=O) groups excluding carboxylic acids is 2. The molecule has 1 amide bonds. The van der Waals surface area contributed by atoms with Crippen molar-refractivity contribution in [1.82, 2.24) is 4.90 Å². The average molecular weight is 356 g/mol. The van der Waals surface area contributed by atoms with Gasteiger partial charge in [-0.2, -0.15) is 13.2 Å². The first-order chi connectivity index (χ1) is 10.0. The number of fused-ring (bicyclic) bond motifs is 1. The van der Waals surface area contributed by atoms with Crippen LogP contribution in [0, 0.1) is 0 Å². The van der Waals surface area contributed by atoms with Crippen LogP contribution >= 0.6 is 23.5 Å². The zero-order valence-electron chi connectivity index (χ0n) is 11.1. The Morgan fingerprint density at radius 3 is 2.59 bits per heavy atom. The second kappa shape index (κ2) is 5.46.